The SMILES string of the molecule is O[C@H](c1nnnn1-c1ccc2c(c1)OCO2)C1CCCCC1. The number of tetrazole rings is 1. The largest absolute Gasteiger partial charge is 0.454 e. The summed E-state index contributed by atoms with van der Waals surface area (Å²) < 4.78 is 12.3. The van der Waals surface area contributed by atoms with Gasteiger partial charge in [0.2, 0.25) is 6.79 Å². The Morgan fingerprint density at radius 1 is 1.14 bits per heavy atom. The Kier molecular flexibility index (Phi) is 3.42. The number of hydrogen-bond acceptors (Lipinski definition) is 6. The predicted molar refractivity (Wildman–Crippen MR) is 76.8 cm³/mol. The first-order valence-corrected chi connectivity index (χ1v) is 7.69. The van der Waals surface area contributed by atoms with Crippen LogP contribution in [-0.2, 0) is 0 Å². The Morgan fingerprint density at radius 3 is 2.82 bits per heavy atom. The van der Waals surface area contributed by atoms with Gasteiger partial charge in [0.25, 0.3) is 0 Å². The molecule has 22 heavy (non-hydrogen) atoms. The Labute approximate surface area is 127 Å². The topological polar surface area (TPSA) is 82.3 Å². The fourth-order valence-corrected chi connectivity index (χ4v) is 3.24. The lowest BCUT2D eigenvalue weighted by Gasteiger charge is -2.25. The van der Waals surface area contributed by atoms with Crippen LogP contribution in [0.4, 0.5) is 0 Å². The lowest BCUT2D eigenvalue weighted by Crippen LogP contribution is -2.19. The molecule has 2 aromatic rings. The molecule has 7 nitrogen and oxygen atoms in total. The van der Waals surface area contributed by atoms with E-state index in [2.05, 4.69) is 15.5 Å². The minimum atomic E-state index is -0.638. The van der Waals surface area contributed by atoms with Crippen molar-refractivity contribution in [3.05, 3.63) is 24.0 Å². The van der Waals surface area contributed by atoms with Crippen molar-refractivity contribution in [3.63, 3.8) is 0 Å². The van der Waals surface area contributed by atoms with Gasteiger partial charge in [0.05, 0.1) is 5.69 Å². The second-order valence-corrected chi connectivity index (χ2v) is 5.83. The van der Waals surface area contributed by atoms with Gasteiger partial charge in [0, 0.05) is 6.07 Å². The Bertz CT molecular complexity index is 667. The van der Waals surface area contributed by atoms with Crippen LogP contribution in [0.5, 0.6) is 11.5 Å². The van der Waals surface area contributed by atoms with Crippen LogP contribution in [0.25, 0.3) is 5.69 Å². The Balaban J connectivity index is 1.64. The minimum absolute atomic E-state index is 0.228. The third-order valence-corrected chi connectivity index (χ3v) is 4.46. The molecule has 1 aromatic carbocycles. The van der Waals surface area contributed by atoms with E-state index in [0.717, 1.165) is 31.4 Å². The highest BCUT2D eigenvalue weighted by molar-refractivity contribution is 5.49. The van der Waals surface area contributed by atoms with Crippen molar-refractivity contribution in [2.45, 2.75) is 38.2 Å². The maximum absolute atomic E-state index is 10.7. The van der Waals surface area contributed by atoms with Crippen molar-refractivity contribution in [2.75, 3.05) is 6.79 Å². The van der Waals surface area contributed by atoms with Gasteiger partial charge in [-0.3, -0.25) is 0 Å². The Hall–Kier alpha value is -2.15. The highest BCUT2D eigenvalue weighted by atomic mass is 16.7. The molecule has 1 saturated carbocycles. The summed E-state index contributed by atoms with van der Waals surface area (Å²) in [5, 5.41) is 22.5. The van der Waals surface area contributed by atoms with E-state index >= 15 is 0 Å². The van der Waals surface area contributed by atoms with E-state index in [1.54, 1.807) is 4.68 Å². The monoisotopic (exact) mass is 302 g/mol. The van der Waals surface area contributed by atoms with Gasteiger partial charge in [-0.25, -0.2) is 0 Å². The normalized spacial score (nSPS) is 19.3. The zero-order valence-corrected chi connectivity index (χ0v) is 12.2. The van der Waals surface area contributed by atoms with Crippen molar-refractivity contribution in [1.29, 1.82) is 0 Å². The van der Waals surface area contributed by atoms with E-state index < -0.39 is 6.10 Å². The molecule has 2 aliphatic rings. The molecule has 0 spiro atoms. The van der Waals surface area contributed by atoms with Crippen LogP contribution < -0.4 is 9.47 Å². The molecule has 2 heterocycles. The van der Waals surface area contributed by atoms with Crippen LogP contribution in [0.3, 0.4) is 0 Å². The highest BCUT2D eigenvalue weighted by Gasteiger charge is 2.28. The van der Waals surface area contributed by atoms with Gasteiger partial charge in [-0.2, -0.15) is 4.68 Å². The van der Waals surface area contributed by atoms with Crippen LogP contribution >= 0.6 is 0 Å². The molecule has 1 aliphatic heterocycles. The molecule has 0 radical (unpaired) electrons. The average molecular weight is 302 g/mol. The molecule has 4 rings (SSSR count). The summed E-state index contributed by atoms with van der Waals surface area (Å²) in [6, 6.07) is 5.52. The maximum atomic E-state index is 10.7. The predicted octanol–water partition coefficient (Wildman–Crippen LogP) is 2.00. The third-order valence-electron chi connectivity index (χ3n) is 4.46. The standard InChI is InChI=1S/C15H18N4O3/c20-14(10-4-2-1-3-5-10)15-16-17-18-19(15)11-6-7-12-13(8-11)22-9-21-12/h6-8,10,14,20H,1-5,9H2/t14-/m0/s1. The summed E-state index contributed by atoms with van der Waals surface area (Å²) in [4.78, 5) is 0. The lowest BCUT2D eigenvalue weighted by atomic mass is 9.85. The molecule has 116 valence electrons. The molecule has 1 aliphatic carbocycles. The van der Waals surface area contributed by atoms with E-state index in [-0.39, 0.29) is 12.7 Å². The summed E-state index contributed by atoms with van der Waals surface area (Å²) in [6.07, 6.45) is 4.97. The molecule has 0 amide bonds. The van der Waals surface area contributed by atoms with Gasteiger partial charge in [0.1, 0.15) is 6.10 Å². The van der Waals surface area contributed by atoms with Crippen LogP contribution in [0.2, 0.25) is 0 Å². The summed E-state index contributed by atoms with van der Waals surface area (Å²) in [5.41, 5.74) is 0.763. The number of aliphatic hydroxyl groups is 1. The van der Waals surface area contributed by atoms with Crippen LogP contribution in [0.15, 0.2) is 18.2 Å². The number of fused-ring (bicyclic) bond motifs is 1. The second kappa shape index (κ2) is 5.57. The van der Waals surface area contributed by atoms with Crippen molar-refractivity contribution in [3.8, 4) is 17.2 Å². The summed E-state index contributed by atoms with van der Waals surface area (Å²) in [6.45, 7) is 0.228. The van der Waals surface area contributed by atoms with E-state index in [1.165, 1.54) is 6.42 Å². The summed E-state index contributed by atoms with van der Waals surface area (Å²) >= 11 is 0. The maximum Gasteiger partial charge on any atom is 0.231 e. The van der Waals surface area contributed by atoms with Crippen molar-refractivity contribution in [1.82, 2.24) is 20.2 Å². The number of benzene rings is 1. The molecule has 0 bridgehead atoms. The summed E-state index contributed by atoms with van der Waals surface area (Å²) in [7, 11) is 0. The lowest BCUT2D eigenvalue weighted by molar-refractivity contribution is 0.0750. The molecular formula is C15H18N4O3. The molecule has 1 aromatic heterocycles. The van der Waals surface area contributed by atoms with Gasteiger partial charge < -0.3 is 14.6 Å². The smallest absolute Gasteiger partial charge is 0.231 e. The molecule has 0 unspecified atom stereocenters. The Morgan fingerprint density at radius 2 is 1.95 bits per heavy atom. The zero-order valence-electron chi connectivity index (χ0n) is 12.2. The molecule has 0 saturated heterocycles. The highest BCUT2D eigenvalue weighted by Crippen LogP contribution is 2.36. The van der Waals surface area contributed by atoms with Crippen LogP contribution in [0.1, 0.15) is 44.0 Å². The van der Waals surface area contributed by atoms with Crippen LogP contribution in [0, 0.1) is 5.92 Å². The number of hydrogen-bond donors (Lipinski definition) is 1. The van der Waals surface area contributed by atoms with Gasteiger partial charge in [0.15, 0.2) is 17.3 Å². The minimum Gasteiger partial charge on any atom is -0.454 e. The van der Waals surface area contributed by atoms with Crippen LogP contribution in [-0.4, -0.2) is 32.1 Å². The molecule has 1 N–H and O–H groups in total. The van der Waals surface area contributed by atoms with Gasteiger partial charge in [-0.1, -0.05) is 19.3 Å². The number of rotatable bonds is 3. The number of aromatic nitrogens is 4. The molecule has 7 heteroatoms. The van der Waals surface area contributed by atoms with E-state index in [0.29, 0.717) is 17.3 Å². The fraction of sp³-hybridized carbons (Fsp3) is 0.533. The number of aliphatic hydroxyl groups excluding tert-OH is 1. The molecule has 1 fully saturated rings. The van der Waals surface area contributed by atoms with Gasteiger partial charge in [-0.05, 0) is 41.3 Å². The molecular weight excluding hydrogens is 284 g/mol. The second-order valence-electron chi connectivity index (χ2n) is 5.83. The number of nitrogens with zero attached hydrogens (tertiary/aromatic N) is 4. The summed E-state index contributed by atoms with van der Waals surface area (Å²) in [5.74, 6) is 2.11. The first-order chi connectivity index (χ1) is 10.8. The third kappa shape index (κ3) is 2.31. The van der Waals surface area contributed by atoms with Crippen molar-refractivity contribution in [2.24, 2.45) is 5.92 Å². The fourth-order valence-electron chi connectivity index (χ4n) is 3.24. The van der Waals surface area contributed by atoms with Gasteiger partial charge >= 0.3 is 0 Å². The first kappa shape index (κ1) is 13.5. The van der Waals surface area contributed by atoms with Gasteiger partial charge in [-0.15, -0.1) is 5.10 Å². The average Bonchev–Trinajstić information content (AvgIpc) is 3.23. The number of ether oxygens (including phenoxy) is 2. The molecule has 1 atom stereocenters. The van der Waals surface area contributed by atoms with Crippen molar-refractivity contribution < 1.29 is 14.6 Å². The van der Waals surface area contributed by atoms with E-state index in [4.69, 9.17) is 9.47 Å². The van der Waals surface area contributed by atoms with Crippen molar-refractivity contribution >= 4 is 0 Å². The van der Waals surface area contributed by atoms with E-state index in [1.807, 2.05) is 18.2 Å². The van der Waals surface area contributed by atoms with E-state index in [9.17, 15) is 5.11 Å². The first-order valence-electron chi connectivity index (χ1n) is 7.69. The quantitative estimate of drug-likeness (QED) is 0.934. The zero-order chi connectivity index (χ0) is 14.9.